The van der Waals surface area contributed by atoms with Gasteiger partial charge in [-0.15, -0.1) is 0 Å². The molecule has 1 unspecified atom stereocenters. The normalized spacial score (nSPS) is 22.1. The molecule has 2 aliphatic heterocycles. The van der Waals surface area contributed by atoms with Crippen molar-refractivity contribution in [3.8, 4) is 5.75 Å². The Bertz CT molecular complexity index is 1100. The number of β-lactam (4-membered cyclic amide) rings is 1. The molecule has 2 amide bonds. The van der Waals surface area contributed by atoms with Crippen LogP contribution < -0.4 is 35.0 Å². The van der Waals surface area contributed by atoms with Gasteiger partial charge in [0.15, 0.2) is 15.2 Å². The Morgan fingerprint density at radius 3 is 2.44 bits per heavy atom. The van der Waals surface area contributed by atoms with Crippen LogP contribution >= 0.6 is 0 Å². The Kier molecular flexibility index (Phi) is 7.41. The average Bonchev–Trinajstić information content (AvgIpc) is 2.69. The van der Waals surface area contributed by atoms with E-state index in [1.807, 2.05) is 0 Å². The zero-order valence-corrected chi connectivity index (χ0v) is 17.9. The molecule has 3 atom stereocenters. The number of fused-ring (bicyclic) bond motifs is 1. The summed E-state index contributed by atoms with van der Waals surface area (Å²) in [6.45, 7) is 0.411. The predicted octanol–water partition coefficient (Wildman–Crippen LogP) is -5.96. The number of carboxylic acid groups (broad SMARTS) is 1. The van der Waals surface area contributed by atoms with Gasteiger partial charge in [-0.3, -0.25) is 19.3 Å². The summed E-state index contributed by atoms with van der Waals surface area (Å²) in [5.74, 6) is -5.30. The largest absolute Gasteiger partial charge is 1.00 e. The van der Waals surface area contributed by atoms with E-state index in [9.17, 15) is 37.8 Å². The van der Waals surface area contributed by atoms with Crippen molar-refractivity contribution in [2.75, 3.05) is 12.4 Å². The molecule has 32 heavy (non-hydrogen) atoms. The second kappa shape index (κ2) is 9.33. The predicted molar refractivity (Wildman–Crippen MR) is 100 cm³/mol. The van der Waals surface area contributed by atoms with E-state index in [1.54, 1.807) is 0 Å². The molecule has 166 valence electrons. The van der Waals surface area contributed by atoms with E-state index in [0.29, 0.717) is 10.5 Å². The Morgan fingerprint density at radius 2 is 1.91 bits per heavy atom. The molecule has 14 heteroatoms. The smallest absolute Gasteiger partial charge is 0.543 e. The number of carboxylic acids is 1. The quantitative estimate of drug-likeness (QED) is 0.209. The molecule has 0 saturated carbocycles. The maximum Gasteiger partial charge on any atom is 1.00 e. The third-order valence-electron chi connectivity index (χ3n) is 4.84. The van der Waals surface area contributed by atoms with Gasteiger partial charge in [0.2, 0.25) is 5.91 Å². The molecule has 1 aromatic carbocycles. The number of nitrogens with one attached hydrogen (secondary N) is 1. The monoisotopic (exact) mass is 459 g/mol. The van der Waals surface area contributed by atoms with E-state index in [-0.39, 0.29) is 30.2 Å². The number of carbonyl (C=O) groups is 4. The van der Waals surface area contributed by atoms with Gasteiger partial charge in [0, 0.05) is 12.5 Å². The number of phenols is 1. The Balaban J connectivity index is 0.00000363. The van der Waals surface area contributed by atoms with E-state index in [0.717, 1.165) is 6.92 Å². The molecular formula is C18H18LiN3O9S. The molecule has 0 aliphatic carbocycles. The van der Waals surface area contributed by atoms with Crippen LogP contribution in [0.1, 0.15) is 18.5 Å². The molecule has 4 N–H and O–H groups in total. The van der Waals surface area contributed by atoms with Crippen LogP contribution in [0, 0.1) is 0 Å². The number of esters is 1. The summed E-state index contributed by atoms with van der Waals surface area (Å²) in [4.78, 5) is 48.1. The second-order valence-corrected chi connectivity index (χ2v) is 9.08. The number of hydrogen-bond donors (Lipinski definition) is 3. The fourth-order valence-corrected chi connectivity index (χ4v) is 5.39. The van der Waals surface area contributed by atoms with Crippen LogP contribution in [0.25, 0.3) is 0 Å². The van der Waals surface area contributed by atoms with Gasteiger partial charge in [0.25, 0.3) is 5.91 Å². The summed E-state index contributed by atoms with van der Waals surface area (Å²) >= 11 is 0. The van der Waals surface area contributed by atoms with Crippen LogP contribution in [0.4, 0.5) is 0 Å². The van der Waals surface area contributed by atoms with Crippen molar-refractivity contribution in [2.24, 2.45) is 5.73 Å². The van der Waals surface area contributed by atoms with Gasteiger partial charge in [-0.05, 0) is 17.7 Å². The standard InChI is InChI=1S/C18H19N3O9S.Li/c1-8(22)30-6-10-7-31(28,29)17-13(16(25)21(17)14(10)18(26)27)20-15(24)12(19)9-2-4-11(23)5-3-9;/h2-5,12-13,17,23H,6-7,19H2,1H3,(H,20,24)(H,26,27);/q;+1/p-1/t12?,13-,17-;/m0./s1. The van der Waals surface area contributed by atoms with Crippen molar-refractivity contribution in [3.63, 3.8) is 0 Å². The van der Waals surface area contributed by atoms with Gasteiger partial charge in [-0.1, -0.05) is 12.1 Å². The first-order valence-electron chi connectivity index (χ1n) is 8.90. The maximum absolute atomic E-state index is 12.7. The number of nitrogens with zero attached hydrogens (tertiary/aromatic N) is 1. The summed E-state index contributed by atoms with van der Waals surface area (Å²) in [5.41, 5.74) is 5.10. The molecule has 0 bridgehead atoms. The third kappa shape index (κ3) is 4.65. The second-order valence-electron chi connectivity index (χ2n) is 6.98. The molecule has 1 aromatic rings. The van der Waals surface area contributed by atoms with Crippen LogP contribution in [0.15, 0.2) is 35.5 Å². The summed E-state index contributed by atoms with van der Waals surface area (Å²) in [6, 6.07) is 2.53. The van der Waals surface area contributed by atoms with E-state index in [2.05, 4.69) is 10.1 Å². The molecule has 1 fully saturated rings. The third-order valence-corrected chi connectivity index (χ3v) is 6.81. The van der Waals surface area contributed by atoms with E-state index < -0.39 is 69.1 Å². The molecule has 0 aromatic heterocycles. The van der Waals surface area contributed by atoms with Gasteiger partial charge < -0.3 is 30.8 Å². The number of aromatic hydroxyl groups is 1. The van der Waals surface area contributed by atoms with Gasteiger partial charge in [-0.25, -0.2) is 8.42 Å². The van der Waals surface area contributed by atoms with E-state index in [4.69, 9.17) is 5.73 Å². The van der Waals surface area contributed by atoms with Crippen LogP contribution in [-0.2, 0) is 33.8 Å². The first kappa shape index (κ1) is 25.4. The van der Waals surface area contributed by atoms with Crippen LogP contribution in [-0.4, -0.2) is 66.0 Å². The number of hydrogen-bond acceptors (Lipinski definition) is 10. The topological polar surface area (TPSA) is 196 Å². The minimum Gasteiger partial charge on any atom is -0.543 e. The Labute approximate surface area is 194 Å². The summed E-state index contributed by atoms with van der Waals surface area (Å²) < 4.78 is 30.1. The average molecular weight is 459 g/mol. The van der Waals surface area contributed by atoms with Gasteiger partial charge in [-0.2, -0.15) is 0 Å². The minimum absolute atomic E-state index is 0. The molecule has 12 nitrogen and oxygen atoms in total. The Hall–Kier alpha value is -2.85. The van der Waals surface area contributed by atoms with Crippen molar-refractivity contribution >= 4 is 33.6 Å². The zero-order chi connectivity index (χ0) is 23.1. The van der Waals surface area contributed by atoms with Crippen molar-refractivity contribution in [2.45, 2.75) is 24.4 Å². The van der Waals surface area contributed by atoms with E-state index in [1.165, 1.54) is 24.3 Å². The fraction of sp³-hybridized carbons (Fsp3) is 0.333. The number of amides is 2. The van der Waals surface area contributed by atoms with Crippen molar-refractivity contribution in [1.82, 2.24) is 10.2 Å². The van der Waals surface area contributed by atoms with Gasteiger partial charge >= 0.3 is 24.8 Å². The summed E-state index contributed by atoms with van der Waals surface area (Å²) in [5, 5.41) is 21.5. The number of nitrogens with two attached hydrogens (primary N) is 1. The fourth-order valence-electron chi connectivity index (χ4n) is 3.39. The van der Waals surface area contributed by atoms with Crippen molar-refractivity contribution < 1.29 is 61.4 Å². The Morgan fingerprint density at radius 1 is 1.31 bits per heavy atom. The number of carbonyl (C=O) groups excluding carboxylic acids is 4. The number of ether oxygens (including phenoxy) is 1. The van der Waals surface area contributed by atoms with Gasteiger partial charge in [0.05, 0.1) is 17.4 Å². The summed E-state index contributed by atoms with van der Waals surface area (Å²) in [7, 11) is -4.13. The number of aliphatic carboxylic acids is 1. The first-order chi connectivity index (χ1) is 14.4. The number of phenolic OH excluding ortho intramolecular Hbond substituents is 1. The minimum atomic E-state index is -4.13. The SMILES string of the molecule is CC(=O)OCC1=C(C(=O)[O-])N2C(=O)[C@H](NC(=O)C(N)c3ccc(O)cc3)[C@@H]2S(=O)(=O)C1.[Li+]. The molecule has 2 heterocycles. The van der Waals surface area contributed by atoms with Crippen molar-refractivity contribution in [1.29, 1.82) is 0 Å². The van der Waals surface area contributed by atoms with Crippen LogP contribution in [0.5, 0.6) is 5.75 Å². The summed E-state index contributed by atoms with van der Waals surface area (Å²) in [6.07, 6.45) is 0. The van der Waals surface area contributed by atoms with Gasteiger partial charge in [0.1, 0.15) is 24.4 Å². The number of benzene rings is 1. The molecule has 2 aliphatic rings. The molecule has 3 rings (SSSR count). The number of sulfone groups is 1. The van der Waals surface area contributed by atoms with Crippen LogP contribution in [0.2, 0.25) is 0 Å². The van der Waals surface area contributed by atoms with Crippen LogP contribution in [0.3, 0.4) is 0 Å². The molecule has 0 spiro atoms. The maximum atomic E-state index is 12.7. The van der Waals surface area contributed by atoms with Crippen molar-refractivity contribution in [3.05, 3.63) is 41.1 Å². The van der Waals surface area contributed by atoms with E-state index >= 15 is 0 Å². The number of rotatable bonds is 6. The zero-order valence-electron chi connectivity index (χ0n) is 17.1. The molecule has 0 radical (unpaired) electrons. The molecule has 1 saturated heterocycles. The first-order valence-corrected chi connectivity index (χ1v) is 10.6. The molecular weight excluding hydrogens is 441 g/mol.